The van der Waals surface area contributed by atoms with E-state index in [9.17, 15) is 17.6 Å². The summed E-state index contributed by atoms with van der Waals surface area (Å²) in [6.07, 6.45) is 1.70. The third-order valence-corrected chi connectivity index (χ3v) is 5.31. The van der Waals surface area contributed by atoms with Crippen LogP contribution < -0.4 is 10.3 Å². The molecule has 1 N–H and O–H groups in total. The van der Waals surface area contributed by atoms with Gasteiger partial charge in [-0.05, 0) is 31.0 Å². The number of nitrogens with zero attached hydrogens (tertiary/aromatic N) is 4. The number of aromatic nitrogens is 3. The molecular formula is C13H16FN5O3S. The van der Waals surface area contributed by atoms with E-state index in [0.29, 0.717) is 18.6 Å². The summed E-state index contributed by atoms with van der Waals surface area (Å²) in [5, 5.41) is 7.68. The van der Waals surface area contributed by atoms with Gasteiger partial charge in [0.05, 0.1) is 11.9 Å². The van der Waals surface area contributed by atoms with E-state index >= 15 is 0 Å². The average molecular weight is 341 g/mol. The Kier molecular flexibility index (Phi) is 4.37. The zero-order valence-electron chi connectivity index (χ0n) is 12.3. The van der Waals surface area contributed by atoms with Crippen LogP contribution in [0.4, 0.5) is 4.39 Å². The van der Waals surface area contributed by atoms with Crippen LogP contribution in [0.1, 0.15) is 12.8 Å². The number of fused-ring (bicyclic) bond motifs is 1. The minimum absolute atomic E-state index is 0.00818. The molecule has 124 valence electrons. The third kappa shape index (κ3) is 3.38. The standard InChI is InChI=1S/C13H16FN5O3S/c14-10-3-4-12-11(9-10)13(20)19(17-16-12)8-5-15-23(21,22)18-6-1-2-7-18/h3-4,9,15H,1-2,5-8H2. The number of hydrogen-bond acceptors (Lipinski definition) is 5. The second-order valence-electron chi connectivity index (χ2n) is 5.28. The highest BCUT2D eigenvalue weighted by molar-refractivity contribution is 7.87. The minimum Gasteiger partial charge on any atom is -0.267 e. The molecule has 1 aromatic carbocycles. The van der Waals surface area contributed by atoms with Crippen molar-refractivity contribution in [1.29, 1.82) is 0 Å². The minimum atomic E-state index is -3.53. The predicted molar refractivity (Wildman–Crippen MR) is 81.5 cm³/mol. The average Bonchev–Trinajstić information content (AvgIpc) is 3.05. The maximum absolute atomic E-state index is 13.2. The van der Waals surface area contributed by atoms with E-state index in [-0.39, 0.29) is 18.5 Å². The van der Waals surface area contributed by atoms with Gasteiger partial charge in [0.1, 0.15) is 11.3 Å². The van der Waals surface area contributed by atoms with Gasteiger partial charge < -0.3 is 0 Å². The first kappa shape index (κ1) is 16.0. The van der Waals surface area contributed by atoms with Crippen LogP contribution in [0.15, 0.2) is 23.0 Å². The summed E-state index contributed by atoms with van der Waals surface area (Å²) in [6, 6.07) is 3.67. The molecule has 8 nitrogen and oxygen atoms in total. The lowest BCUT2D eigenvalue weighted by Crippen LogP contribution is -2.41. The van der Waals surface area contributed by atoms with Crippen molar-refractivity contribution in [2.75, 3.05) is 19.6 Å². The highest BCUT2D eigenvalue weighted by Gasteiger charge is 2.24. The molecular weight excluding hydrogens is 325 g/mol. The van der Waals surface area contributed by atoms with E-state index < -0.39 is 21.6 Å². The zero-order valence-corrected chi connectivity index (χ0v) is 13.1. The molecule has 0 radical (unpaired) electrons. The molecule has 1 saturated heterocycles. The molecule has 1 aliphatic rings. The van der Waals surface area contributed by atoms with Crippen LogP contribution in [0.3, 0.4) is 0 Å². The van der Waals surface area contributed by atoms with E-state index in [1.807, 2.05) is 0 Å². The second-order valence-corrected chi connectivity index (χ2v) is 7.04. The van der Waals surface area contributed by atoms with Crippen molar-refractivity contribution in [1.82, 2.24) is 24.0 Å². The SMILES string of the molecule is O=c1c2cc(F)ccc2nnn1CCNS(=O)(=O)N1CCCC1. The van der Waals surface area contributed by atoms with Gasteiger partial charge in [0, 0.05) is 19.6 Å². The van der Waals surface area contributed by atoms with Gasteiger partial charge in [-0.25, -0.2) is 13.8 Å². The number of halogens is 1. The summed E-state index contributed by atoms with van der Waals surface area (Å²) in [4.78, 5) is 12.2. The van der Waals surface area contributed by atoms with Crippen LogP contribution in [0.25, 0.3) is 10.9 Å². The van der Waals surface area contributed by atoms with Crippen LogP contribution >= 0.6 is 0 Å². The van der Waals surface area contributed by atoms with Crippen LogP contribution in [-0.4, -0.2) is 47.4 Å². The molecule has 23 heavy (non-hydrogen) atoms. The molecule has 0 unspecified atom stereocenters. The molecule has 3 rings (SSSR count). The van der Waals surface area contributed by atoms with Gasteiger partial charge >= 0.3 is 0 Å². The molecule has 0 spiro atoms. The summed E-state index contributed by atoms with van der Waals surface area (Å²) >= 11 is 0. The summed E-state index contributed by atoms with van der Waals surface area (Å²) in [6.45, 7) is 1.04. The van der Waals surface area contributed by atoms with Gasteiger partial charge in [0.2, 0.25) is 0 Å². The maximum atomic E-state index is 13.2. The smallest absolute Gasteiger partial charge is 0.267 e. The van der Waals surface area contributed by atoms with Gasteiger partial charge in [-0.2, -0.15) is 12.7 Å². The van der Waals surface area contributed by atoms with Crippen molar-refractivity contribution in [3.05, 3.63) is 34.4 Å². The Morgan fingerprint density at radius 1 is 1.26 bits per heavy atom. The molecule has 2 heterocycles. The topological polar surface area (TPSA) is 97.2 Å². The lowest BCUT2D eigenvalue weighted by molar-refractivity contribution is 0.457. The van der Waals surface area contributed by atoms with Crippen LogP contribution in [0, 0.1) is 5.82 Å². The monoisotopic (exact) mass is 341 g/mol. The fraction of sp³-hybridized carbons (Fsp3) is 0.462. The Hall–Kier alpha value is -1.91. The number of hydrogen-bond donors (Lipinski definition) is 1. The van der Waals surface area contributed by atoms with Gasteiger partial charge in [-0.3, -0.25) is 4.79 Å². The Morgan fingerprint density at radius 2 is 2.00 bits per heavy atom. The molecule has 0 saturated carbocycles. The Labute approximate surface area is 132 Å². The fourth-order valence-electron chi connectivity index (χ4n) is 2.50. The lowest BCUT2D eigenvalue weighted by atomic mass is 10.2. The van der Waals surface area contributed by atoms with E-state index in [4.69, 9.17) is 0 Å². The van der Waals surface area contributed by atoms with Crippen molar-refractivity contribution in [3.8, 4) is 0 Å². The van der Waals surface area contributed by atoms with E-state index in [1.54, 1.807) is 0 Å². The Bertz CT molecular complexity index is 877. The summed E-state index contributed by atoms with van der Waals surface area (Å²) < 4.78 is 42.1. The molecule has 10 heteroatoms. The molecule has 1 fully saturated rings. The van der Waals surface area contributed by atoms with E-state index in [0.717, 1.165) is 23.6 Å². The summed E-state index contributed by atoms with van der Waals surface area (Å²) in [5.74, 6) is -0.538. The highest BCUT2D eigenvalue weighted by Crippen LogP contribution is 2.11. The molecule has 1 aliphatic heterocycles. The van der Waals surface area contributed by atoms with Crippen molar-refractivity contribution >= 4 is 21.1 Å². The second kappa shape index (κ2) is 6.30. The van der Waals surface area contributed by atoms with Gasteiger partial charge in [0.15, 0.2) is 0 Å². The fourth-order valence-corrected chi connectivity index (χ4v) is 3.77. The van der Waals surface area contributed by atoms with Crippen molar-refractivity contribution in [3.63, 3.8) is 0 Å². The Morgan fingerprint density at radius 3 is 2.74 bits per heavy atom. The predicted octanol–water partition coefficient (Wildman–Crippen LogP) is -0.139. The summed E-state index contributed by atoms with van der Waals surface area (Å²) in [7, 11) is -3.53. The lowest BCUT2D eigenvalue weighted by Gasteiger charge is -2.16. The number of rotatable bonds is 5. The van der Waals surface area contributed by atoms with E-state index in [1.165, 1.54) is 16.4 Å². The van der Waals surface area contributed by atoms with Gasteiger partial charge in [-0.15, -0.1) is 5.10 Å². The van der Waals surface area contributed by atoms with Crippen LogP contribution in [0.5, 0.6) is 0 Å². The zero-order chi connectivity index (χ0) is 16.4. The quantitative estimate of drug-likeness (QED) is 0.816. The van der Waals surface area contributed by atoms with Crippen LogP contribution in [-0.2, 0) is 16.8 Å². The maximum Gasteiger partial charge on any atom is 0.279 e. The van der Waals surface area contributed by atoms with Crippen molar-refractivity contribution in [2.45, 2.75) is 19.4 Å². The first-order valence-corrected chi connectivity index (χ1v) is 8.69. The summed E-state index contributed by atoms with van der Waals surface area (Å²) in [5.41, 5.74) is -0.208. The molecule has 2 aromatic rings. The normalized spacial score (nSPS) is 16.2. The molecule has 0 bridgehead atoms. The molecule has 0 amide bonds. The Balaban J connectivity index is 1.72. The first-order chi connectivity index (χ1) is 11.0. The number of benzene rings is 1. The highest BCUT2D eigenvalue weighted by atomic mass is 32.2. The molecule has 0 aliphatic carbocycles. The largest absolute Gasteiger partial charge is 0.279 e. The van der Waals surface area contributed by atoms with Gasteiger partial charge in [-0.1, -0.05) is 5.21 Å². The van der Waals surface area contributed by atoms with Crippen molar-refractivity contribution in [2.24, 2.45) is 0 Å². The molecule has 1 aromatic heterocycles. The number of nitrogens with one attached hydrogen (secondary N) is 1. The van der Waals surface area contributed by atoms with Crippen LogP contribution in [0.2, 0.25) is 0 Å². The van der Waals surface area contributed by atoms with Gasteiger partial charge in [0.25, 0.3) is 15.8 Å². The van der Waals surface area contributed by atoms with E-state index in [2.05, 4.69) is 15.0 Å². The first-order valence-electron chi connectivity index (χ1n) is 7.25. The van der Waals surface area contributed by atoms with Crippen molar-refractivity contribution < 1.29 is 12.8 Å². The molecule has 0 atom stereocenters. The third-order valence-electron chi connectivity index (χ3n) is 3.70.